The molecular weight excluding hydrogens is 383 g/mol. The van der Waals surface area contributed by atoms with Crippen molar-refractivity contribution in [1.29, 1.82) is 5.26 Å². The molecule has 0 aromatic carbocycles. The third kappa shape index (κ3) is 4.16. The average molecular weight is 403 g/mol. The first-order valence-corrected chi connectivity index (χ1v) is 9.05. The van der Waals surface area contributed by atoms with Crippen LogP contribution in [0.3, 0.4) is 0 Å². The highest BCUT2D eigenvalue weighted by atomic mass is 19.4. The van der Waals surface area contributed by atoms with Gasteiger partial charge in [0.1, 0.15) is 23.2 Å². The standard InChI is InChI=1S/C20H20F3N5O/c1-5-6-12-7-13(29-19(2,3)11-24)9-26-17(12)18-27-14-8-16(20(21,22)23)25-10-15(14)28(18)4/h7-10H,5-6H2,1-4H3. The Bertz CT molecular complexity index is 1100. The van der Waals surface area contributed by atoms with E-state index in [0.29, 0.717) is 29.2 Å². The lowest BCUT2D eigenvalue weighted by Crippen LogP contribution is -2.25. The van der Waals surface area contributed by atoms with E-state index < -0.39 is 17.5 Å². The molecule has 6 nitrogen and oxygen atoms in total. The van der Waals surface area contributed by atoms with Gasteiger partial charge in [0.25, 0.3) is 0 Å². The van der Waals surface area contributed by atoms with Crippen LogP contribution in [-0.2, 0) is 19.6 Å². The zero-order valence-electron chi connectivity index (χ0n) is 16.5. The maximum Gasteiger partial charge on any atom is 0.433 e. The summed E-state index contributed by atoms with van der Waals surface area (Å²) in [6, 6.07) is 4.80. The van der Waals surface area contributed by atoms with Gasteiger partial charge in [-0.3, -0.25) is 0 Å². The molecule has 0 fully saturated rings. The second-order valence-corrected chi connectivity index (χ2v) is 7.20. The van der Waals surface area contributed by atoms with Crippen LogP contribution in [0.4, 0.5) is 13.2 Å². The molecule has 0 saturated carbocycles. The maximum atomic E-state index is 13.0. The first-order valence-electron chi connectivity index (χ1n) is 9.05. The maximum absolute atomic E-state index is 13.0. The second-order valence-electron chi connectivity index (χ2n) is 7.20. The molecule has 3 rings (SSSR count). The van der Waals surface area contributed by atoms with Crippen molar-refractivity contribution in [3.05, 3.63) is 35.8 Å². The highest BCUT2D eigenvalue weighted by molar-refractivity contribution is 5.80. The molecule has 0 spiro atoms. The van der Waals surface area contributed by atoms with Gasteiger partial charge in [-0.15, -0.1) is 0 Å². The Morgan fingerprint density at radius 3 is 2.52 bits per heavy atom. The van der Waals surface area contributed by atoms with Crippen molar-refractivity contribution in [3.8, 4) is 23.3 Å². The van der Waals surface area contributed by atoms with E-state index in [1.165, 1.54) is 12.4 Å². The van der Waals surface area contributed by atoms with Crippen LogP contribution in [0.5, 0.6) is 5.75 Å². The fourth-order valence-electron chi connectivity index (χ4n) is 2.98. The molecule has 3 aromatic rings. The summed E-state index contributed by atoms with van der Waals surface area (Å²) in [5, 5.41) is 9.16. The number of hydrogen-bond donors (Lipinski definition) is 0. The predicted octanol–water partition coefficient (Wildman–Crippen LogP) is 4.68. The number of nitrogens with zero attached hydrogens (tertiary/aromatic N) is 5. The van der Waals surface area contributed by atoms with Crippen LogP contribution in [0.15, 0.2) is 24.5 Å². The summed E-state index contributed by atoms with van der Waals surface area (Å²) in [5.41, 5.74) is 0.0639. The summed E-state index contributed by atoms with van der Waals surface area (Å²) < 4.78 is 46.3. The highest BCUT2D eigenvalue weighted by Crippen LogP contribution is 2.32. The Labute approximate surface area is 166 Å². The second kappa shape index (κ2) is 7.35. The van der Waals surface area contributed by atoms with Crippen molar-refractivity contribution in [2.75, 3.05) is 0 Å². The van der Waals surface area contributed by atoms with E-state index in [4.69, 9.17) is 10.00 Å². The number of ether oxygens (including phenoxy) is 1. The van der Waals surface area contributed by atoms with E-state index >= 15 is 0 Å². The van der Waals surface area contributed by atoms with Gasteiger partial charge in [-0.25, -0.2) is 15.0 Å². The van der Waals surface area contributed by atoms with Crippen molar-refractivity contribution < 1.29 is 17.9 Å². The van der Waals surface area contributed by atoms with Gasteiger partial charge >= 0.3 is 6.18 Å². The molecule has 9 heteroatoms. The topological polar surface area (TPSA) is 76.6 Å². The number of aromatic nitrogens is 4. The monoisotopic (exact) mass is 403 g/mol. The molecule has 29 heavy (non-hydrogen) atoms. The van der Waals surface area contributed by atoms with E-state index in [1.54, 1.807) is 31.5 Å². The largest absolute Gasteiger partial charge is 0.471 e. The summed E-state index contributed by atoms with van der Waals surface area (Å²) in [6.45, 7) is 5.30. The number of alkyl halides is 3. The zero-order chi connectivity index (χ0) is 21.4. The smallest absolute Gasteiger partial charge is 0.433 e. The van der Waals surface area contributed by atoms with Gasteiger partial charge in [0.2, 0.25) is 0 Å². The molecule has 0 aliphatic heterocycles. The summed E-state index contributed by atoms with van der Waals surface area (Å²) in [6.07, 6.45) is -0.386. The third-order valence-corrected chi connectivity index (χ3v) is 4.37. The van der Waals surface area contributed by atoms with E-state index in [1.807, 2.05) is 6.92 Å². The molecule has 0 aliphatic carbocycles. The Kier molecular flexibility index (Phi) is 5.22. The van der Waals surface area contributed by atoms with Gasteiger partial charge in [-0.05, 0) is 38.0 Å². The minimum absolute atomic E-state index is 0.194. The molecule has 3 heterocycles. The molecule has 0 N–H and O–H groups in total. The first kappa shape index (κ1) is 20.6. The quantitative estimate of drug-likeness (QED) is 0.618. The van der Waals surface area contributed by atoms with Crippen molar-refractivity contribution in [1.82, 2.24) is 19.5 Å². The summed E-state index contributed by atoms with van der Waals surface area (Å²) in [5.74, 6) is 0.888. The molecule has 0 amide bonds. The Balaban J connectivity index is 2.10. The zero-order valence-corrected chi connectivity index (χ0v) is 16.5. The lowest BCUT2D eigenvalue weighted by atomic mass is 10.1. The van der Waals surface area contributed by atoms with Crippen molar-refractivity contribution in [2.45, 2.75) is 45.4 Å². The molecule has 0 atom stereocenters. The molecule has 3 aromatic heterocycles. The van der Waals surface area contributed by atoms with E-state index in [0.717, 1.165) is 18.1 Å². The fourth-order valence-corrected chi connectivity index (χ4v) is 2.98. The number of rotatable bonds is 5. The van der Waals surface area contributed by atoms with Crippen LogP contribution in [0, 0.1) is 11.3 Å². The summed E-state index contributed by atoms with van der Waals surface area (Å²) >= 11 is 0. The van der Waals surface area contributed by atoms with Gasteiger partial charge in [0.05, 0.1) is 23.4 Å². The molecule has 0 aliphatic rings. The van der Waals surface area contributed by atoms with Crippen LogP contribution in [-0.4, -0.2) is 25.1 Å². The van der Waals surface area contributed by atoms with Gasteiger partial charge in [0, 0.05) is 7.05 Å². The highest BCUT2D eigenvalue weighted by Gasteiger charge is 2.33. The number of pyridine rings is 2. The molecule has 0 saturated heterocycles. The van der Waals surface area contributed by atoms with E-state index in [-0.39, 0.29) is 5.52 Å². The van der Waals surface area contributed by atoms with Gasteiger partial charge < -0.3 is 9.30 Å². The minimum Gasteiger partial charge on any atom is -0.471 e. The summed E-state index contributed by atoms with van der Waals surface area (Å²) in [7, 11) is 1.71. The van der Waals surface area contributed by atoms with Crippen LogP contribution < -0.4 is 4.74 Å². The number of fused-ring (bicyclic) bond motifs is 1. The Morgan fingerprint density at radius 1 is 1.17 bits per heavy atom. The van der Waals surface area contributed by atoms with Gasteiger partial charge in [-0.2, -0.15) is 18.4 Å². The lowest BCUT2D eigenvalue weighted by Gasteiger charge is -2.19. The number of halogens is 3. The van der Waals surface area contributed by atoms with Crippen LogP contribution in [0.1, 0.15) is 38.4 Å². The fraction of sp³-hybridized carbons (Fsp3) is 0.400. The molecule has 152 valence electrons. The van der Waals surface area contributed by atoms with Crippen molar-refractivity contribution in [3.63, 3.8) is 0 Å². The van der Waals surface area contributed by atoms with E-state index in [9.17, 15) is 13.2 Å². The van der Waals surface area contributed by atoms with Crippen LogP contribution >= 0.6 is 0 Å². The third-order valence-electron chi connectivity index (χ3n) is 4.37. The average Bonchev–Trinajstić information content (AvgIpc) is 2.97. The number of nitriles is 1. The Morgan fingerprint density at radius 2 is 1.90 bits per heavy atom. The van der Waals surface area contributed by atoms with Crippen molar-refractivity contribution in [2.24, 2.45) is 7.05 Å². The van der Waals surface area contributed by atoms with E-state index in [2.05, 4.69) is 21.0 Å². The SMILES string of the molecule is CCCc1cc(OC(C)(C)C#N)cnc1-c1nc2cc(C(F)(F)F)ncc2n1C. The van der Waals surface area contributed by atoms with Crippen molar-refractivity contribution >= 4 is 11.0 Å². The van der Waals surface area contributed by atoms with Gasteiger partial charge in [0.15, 0.2) is 11.4 Å². The van der Waals surface area contributed by atoms with Crippen LogP contribution in [0.25, 0.3) is 22.6 Å². The number of aryl methyl sites for hydroxylation is 2. The molecular formula is C20H20F3N5O. The first-order chi connectivity index (χ1) is 13.6. The number of imidazole rings is 1. The normalized spacial score (nSPS) is 12.2. The van der Waals surface area contributed by atoms with Crippen LogP contribution in [0.2, 0.25) is 0 Å². The molecule has 0 bridgehead atoms. The minimum atomic E-state index is -4.54. The Hall–Kier alpha value is -3.15. The van der Waals surface area contributed by atoms with Gasteiger partial charge in [-0.1, -0.05) is 13.3 Å². The predicted molar refractivity (Wildman–Crippen MR) is 101 cm³/mol. The summed E-state index contributed by atoms with van der Waals surface area (Å²) in [4.78, 5) is 12.4. The molecule has 0 unspecified atom stereocenters. The molecule has 0 radical (unpaired) electrons. The number of hydrogen-bond acceptors (Lipinski definition) is 5. The lowest BCUT2D eigenvalue weighted by molar-refractivity contribution is -0.141.